The summed E-state index contributed by atoms with van der Waals surface area (Å²) in [6, 6.07) is 16.4. The second kappa shape index (κ2) is 6.69. The second-order valence-corrected chi connectivity index (χ2v) is 7.01. The van der Waals surface area contributed by atoms with Crippen molar-refractivity contribution in [3.05, 3.63) is 54.6 Å². The predicted octanol–water partition coefficient (Wildman–Crippen LogP) is 3.55. The van der Waals surface area contributed by atoms with Crippen molar-refractivity contribution in [2.75, 3.05) is 18.7 Å². The van der Waals surface area contributed by atoms with Crippen molar-refractivity contribution >= 4 is 32.7 Å². The molecule has 0 heterocycles. The van der Waals surface area contributed by atoms with Gasteiger partial charge >= 0.3 is 0 Å². The fraction of sp³-hybridized carbons (Fsp3) is 0.133. The Kier molecular flexibility index (Phi) is 4.93. The minimum Gasteiger partial charge on any atom is -0.497 e. The third-order valence-electron chi connectivity index (χ3n) is 2.76. The zero-order valence-corrected chi connectivity index (χ0v) is 13.4. The van der Waals surface area contributed by atoms with Gasteiger partial charge in [-0.25, -0.2) is 4.21 Å². The summed E-state index contributed by atoms with van der Waals surface area (Å²) in [5.74, 6) is 0.711. The van der Waals surface area contributed by atoms with E-state index in [1.54, 1.807) is 31.6 Å². The van der Waals surface area contributed by atoms with E-state index < -0.39 is 9.73 Å². The fourth-order valence-corrected chi connectivity index (χ4v) is 3.41. The molecule has 0 bridgehead atoms. The van der Waals surface area contributed by atoms with Gasteiger partial charge in [-0.2, -0.15) is 4.36 Å². The van der Waals surface area contributed by atoms with Crippen molar-refractivity contribution in [1.82, 2.24) is 0 Å². The van der Waals surface area contributed by atoms with E-state index in [2.05, 4.69) is 9.68 Å². The molecule has 0 amide bonds. The van der Waals surface area contributed by atoms with Crippen LogP contribution in [0.3, 0.4) is 0 Å². The Labute approximate surface area is 130 Å². The smallest absolute Gasteiger partial charge is 0.206 e. The molecule has 0 aromatic heterocycles. The lowest BCUT2D eigenvalue weighted by molar-refractivity contribution is 0.415. The Bertz CT molecular complexity index is 751. The monoisotopic (exact) mass is 320 g/mol. The summed E-state index contributed by atoms with van der Waals surface area (Å²) in [5.41, 5.74) is 0.742. The molecule has 0 fully saturated rings. The lowest BCUT2D eigenvalue weighted by Gasteiger charge is -2.08. The zero-order chi connectivity index (χ0) is 15.3. The number of anilines is 1. The van der Waals surface area contributed by atoms with Crippen molar-refractivity contribution in [2.45, 2.75) is 4.90 Å². The third-order valence-corrected chi connectivity index (χ3v) is 4.75. The van der Waals surface area contributed by atoms with Gasteiger partial charge in [0.1, 0.15) is 5.75 Å². The Morgan fingerprint density at radius 3 is 2.57 bits per heavy atom. The number of rotatable bonds is 3. The molecule has 2 aromatic rings. The summed E-state index contributed by atoms with van der Waals surface area (Å²) in [6.45, 7) is 0. The first-order valence-electron chi connectivity index (χ1n) is 6.23. The number of methoxy groups -OCH3 is 1. The van der Waals surface area contributed by atoms with Crippen LogP contribution < -0.4 is 10.1 Å². The van der Waals surface area contributed by atoms with Crippen molar-refractivity contribution in [3.63, 3.8) is 0 Å². The Morgan fingerprint density at radius 1 is 1.19 bits per heavy atom. The van der Waals surface area contributed by atoms with Gasteiger partial charge in [0.05, 0.1) is 16.8 Å². The molecule has 0 saturated heterocycles. The van der Waals surface area contributed by atoms with E-state index in [9.17, 15) is 4.21 Å². The molecule has 0 aliphatic rings. The number of hydrogen-bond acceptors (Lipinski definition) is 3. The van der Waals surface area contributed by atoms with Crippen molar-refractivity contribution < 1.29 is 8.95 Å². The van der Waals surface area contributed by atoms with Gasteiger partial charge < -0.3 is 10.1 Å². The molecule has 0 aliphatic carbocycles. The normalized spacial score (nSPS) is 13.0. The van der Waals surface area contributed by atoms with E-state index >= 15 is 0 Å². The van der Waals surface area contributed by atoms with Crippen LogP contribution in [-0.4, -0.2) is 22.7 Å². The number of thiocarbonyl (C=S) groups is 1. The van der Waals surface area contributed by atoms with Gasteiger partial charge in [0, 0.05) is 22.9 Å². The molecule has 21 heavy (non-hydrogen) atoms. The molecular formula is C15H16N2O2S2. The Morgan fingerprint density at radius 2 is 1.90 bits per heavy atom. The van der Waals surface area contributed by atoms with Crippen molar-refractivity contribution in [2.24, 2.45) is 4.36 Å². The predicted molar refractivity (Wildman–Crippen MR) is 90.4 cm³/mol. The van der Waals surface area contributed by atoms with Gasteiger partial charge in [0.15, 0.2) is 0 Å². The van der Waals surface area contributed by atoms with Crippen LogP contribution in [0.15, 0.2) is 63.9 Å². The fourth-order valence-electron chi connectivity index (χ4n) is 1.73. The van der Waals surface area contributed by atoms with Crippen LogP contribution in [0.1, 0.15) is 0 Å². The van der Waals surface area contributed by atoms with Crippen LogP contribution >= 0.6 is 12.2 Å². The quantitative estimate of drug-likeness (QED) is 0.879. The molecule has 4 nitrogen and oxygen atoms in total. The van der Waals surface area contributed by atoms with Crippen molar-refractivity contribution in [3.8, 4) is 5.75 Å². The molecule has 0 unspecified atom stereocenters. The van der Waals surface area contributed by atoms with Crippen LogP contribution in [0.2, 0.25) is 0 Å². The summed E-state index contributed by atoms with van der Waals surface area (Å²) >= 11 is 5.17. The second-order valence-electron chi connectivity index (χ2n) is 4.37. The van der Waals surface area contributed by atoms with Crippen LogP contribution in [-0.2, 0) is 9.73 Å². The van der Waals surface area contributed by atoms with E-state index in [1.165, 1.54) is 0 Å². The highest BCUT2D eigenvalue weighted by molar-refractivity contribution is 7.94. The van der Waals surface area contributed by atoms with Crippen LogP contribution in [0.4, 0.5) is 5.69 Å². The third kappa shape index (κ3) is 4.27. The molecule has 2 rings (SSSR count). The molecule has 0 radical (unpaired) electrons. The molecular weight excluding hydrogens is 304 g/mol. The van der Waals surface area contributed by atoms with Crippen LogP contribution in [0.5, 0.6) is 5.75 Å². The lowest BCUT2D eigenvalue weighted by atomic mass is 10.3. The topological polar surface area (TPSA) is 50.7 Å². The number of hydrogen-bond donors (Lipinski definition) is 1. The number of nitrogens with zero attached hydrogens (tertiary/aromatic N) is 1. The van der Waals surface area contributed by atoms with E-state index in [-0.39, 0.29) is 5.11 Å². The Balaban J connectivity index is 2.21. The first-order chi connectivity index (χ1) is 10.0. The van der Waals surface area contributed by atoms with Crippen LogP contribution in [0.25, 0.3) is 0 Å². The summed E-state index contributed by atoms with van der Waals surface area (Å²) < 4.78 is 21.9. The van der Waals surface area contributed by atoms with Gasteiger partial charge in [-0.15, -0.1) is 0 Å². The summed E-state index contributed by atoms with van der Waals surface area (Å²) in [7, 11) is -0.962. The first-order valence-corrected chi connectivity index (χ1v) is 8.57. The Hall–Kier alpha value is -1.92. The summed E-state index contributed by atoms with van der Waals surface area (Å²) in [6.07, 6.45) is 1.57. The summed E-state index contributed by atoms with van der Waals surface area (Å²) in [5, 5.41) is 3.13. The first kappa shape index (κ1) is 15.5. The summed E-state index contributed by atoms with van der Waals surface area (Å²) in [4.78, 5) is 0.653. The number of ether oxygens (including phenoxy) is 1. The maximum absolute atomic E-state index is 12.6. The zero-order valence-electron chi connectivity index (χ0n) is 11.8. The highest BCUT2D eigenvalue weighted by Crippen LogP contribution is 2.17. The standard InChI is InChI=1S/C15H16N2O2S2/c1-19-13-8-6-7-12(11-13)16-15(20)17-21(2,18)14-9-4-3-5-10-14/h3-11H,1-2H3,(H,16,20)/t21-/m1/s1. The number of nitrogens with one attached hydrogen (secondary N) is 1. The highest BCUT2D eigenvalue weighted by Gasteiger charge is 2.07. The van der Waals surface area contributed by atoms with Crippen LogP contribution in [0, 0.1) is 0 Å². The van der Waals surface area contributed by atoms with E-state index in [0.29, 0.717) is 10.6 Å². The average molecular weight is 320 g/mol. The van der Waals surface area contributed by atoms with E-state index in [4.69, 9.17) is 17.0 Å². The maximum Gasteiger partial charge on any atom is 0.206 e. The molecule has 0 saturated carbocycles. The van der Waals surface area contributed by atoms with Gasteiger partial charge in [0.2, 0.25) is 5.11 Å². The minimum atomic E-state index is -2.56. The molecule has 110 valence electrons. The van der Waals surface area contributed by atoms with Gasteiger partial charge in [0.25, 0.3) is 0 Å². The largest absolute Gasteiger partial charge is 0.497 e. The van der Waals surface area contributed by atoms with E-state index in [0.717, 1.165) is 5.69 Å². The van der Waals surface area contributed by atoms with Crippen molar-refractivity contribution in [1.29, 1.82) is 0 Å². The molecule has 2 aromatic carbocycles. The van der Waals surface area contributed by atoms with Gasteiger partial charge in [-0.3, -0.25) is 0 Å². The SMILES string of the molecule is COc1cccc(NC(=S)N=[S@](C)(=O)c2ccccc2)c1. The van der Waals surface area contributed by atoms with Gasteiger partial charge in [-0.1, -0.05) is 24.3 Å². The minimum absolute atomic E-state index is 0.180. The molecule has 0 spiro atoms. The molecule has 1 atom stereocenters. The maximum atomic E-state index is 12.6. The van der Waals surface area contributed by atoms with Gasteiger partial charge in [-0.05, 0) is 36.5 Å². The molecule has 6 heteroatoms. The average Bonchev–Trinajstić information content (AvgIpc) is 2.47. The molecule has 1 N–H and O–H groups in total. The number of benzene rings is 2. The highest BCUT2D eigenvalue weighted by atomic mass is 32.2. The van der Waals surface area contributed by atoms with E-state index in [1.807, 2.05) is 36.4 Å². The molecule has 0 aliphatic heterocycles. The lowest BCUT2D eigenvalue weighted by Crippen LogP contribution is -2.10.